The van der Waals surface area contributed by atoms with Crippen molar-refractivity contribution >= 4 is 18.0 Å². The second-order valence-electron chi connectivity index (χ2n) is 9.22. The average Bonchev–Trinajstić information content (AvgIpc) is 3.53. The van der Waals surface area contributed by atoms with Crippen molar-refractivity contribution in [2.24, 2.45) is 0 Å². The summed E-state index contributed by atoms with van der Waals surface area (Å²) >= 11 is 0. The normalized spacial score (nSPS) is 23.3. The molecule has 3 aliphatic rings. The fourth-order valence-electron chi connectivity index (χ4n) is 5.55. The highest BCUT2D eigenvalue weighted by molar-refractivity contribution is 5.85. The van der Waals surface area contributed by atoms with Crippen LogP contribution in [0, 0.1) is 0 Å². The lowest BCUT2D eigenvalue weighted by atomic mass is 9.98. The van der Waals surface area contributed by atoms with E-state index < -0.39 is 30.1 Å². The van der Waals surface area contributed by atoms with E-state index in [1.54, 1.807) is 0 Å². The average molecular weight is 481 g/mol. The number of carbonyl (C=O) groups is 3. The number of amides is 2. The Morgan fingerprint density at radius 3 is 2.40 bits per heavy atom. The van der Waals surface area contributed by atoms with Crippen molar-refractivity contribution in [3.05, 3.63) is 59.7 Å². The van der Waals surface area contributed by atoms with Gasteiger partial charge in [-0.05, 0) is 28.7 Å². The number of aliphatic hydroxyl groups is 1. The van der Waals surface area contributed by atoms with Gasteiger partial charge in [0, 0.05) is 25.5 Å². The van der Waals surface area contributed by atoms with E-state index in [2.05, 4.69) is 17.4 Å². The van der Waals surface area contributed by atoms with E-state index >= 15 is 0 Å². The minimum absolute atomic E-state index is 0.0793. The topological polar surface area (TPSA) is 125 Å². The Balaban J connectivity index is 1.13. The molecule has 2 aromatic rings. The zero-order chi connectivity index (χ0) is 24.5. The Bertz CT molecular complexity index is 1090. The molecule has 0 bridgehead atoms. The third-order valence-electron chi connectivity index (χ3n) is 7.13. The quantitative estimate of drug-likeness (QED) is 0.554. The summed E-state index contributed by atoms with van der Waals surface area (Å²) < 4.78 is 11.0. The highest BCUT2D eigenvalue weighted by Gasteiger charge is 2.49. The molecule has 1 aliphatic carbocycles. The van der Waals surface area contributed by atoms with Gasteiger partial charge in [-0.15, -0.1) is 0 Å². The van der Waals surface area contributed by atoms with Crippen molar-refractivity contribution in [1.29, 1.82) is 0 Å². The van der Waals surface area contributed by atoms with Crippen LogP contribution in [0.1, 0.15) is 36.3 Å². The molecule has 0 spiro atoms. The smallest absolute Gasteiger partial charge is 0.407 e. The van der Waals surface area contributed by atoms with Crippen LogP contribution in [-0.4, -0.2) is 77.1 Å². The maximum atomic E-state index is 12.8. The summed E-state index contributed by atoms with van der Waals surface area (Å²) in [5.74, 6) is -1.62. The van der Waals surface area contributed by atoms with Gasteiger partial charge in [0.15, 0.2) is 0 Å². The standard InChI is InChI=1S/C26H28N2O7/c29-15(11-24(30)28-21-9-10-34-23(21)12-22(28)25(31)32)13-27-26(33)35-14-20-18-7-3-1-5-16(18)17-6-2-4-8-19(17)20/h1-8,15,20-23,29H,9-14H2,(H,27,33)(H,31,32)/t15?,21-,22?,23-/m0/s1. The first-order chi connectivity index (χ1) is 16.9. The lowest BCUT2D eigenvalue weighted by molar-refractivity contribution is -0.150. The van der Waals surface area contributed by atoms with Crippen LogP contribution in [0.5, 0.6) is 0 Å². The number of aliphatic hydroxyl groups excluding tert-OH is 1. The van der Waals surface area contributed by atoms with E-state index in [0.717, 1.165) is 22.3 Å². The van der Waals surface area contributed by atoms with Crippen LogP contribution in [0.2, 0.25) is 0 Å². The van der Waals surface area contributed by atoms with Crippen LogP contribution >= 0.6 is 0 Å². The van der Waals surface area contributed by atoms with E-state index in [1.165, 1.54) is 4.90 Å². The Labute approximate surface area is 202 Å². The first-order valence-electron chi connectivity index (χ1n) is 11.9. The Kier molecular flexibility index (Phi) is 6.44. The number of hydrogen-bond donors (Lipinski definition) is 3. The number of aliphatic carboxylic acids is 1. The zero-order valence-electron chi connectivity index (χ0n) is 19.1. The van der Waals surface area contributed by atoms with Crippen molar-refractivity contribution < 1.29 is 34.1 Å². The molecular weight excluding hydrogens is 452 g/mol. The molecule has 9 heteroatoms. The summed E-state index contributed by atoms with van der Waals surface area (Å²) in [7, 11) is 0. The molecule has 184 valence electrons. The van der Waals surface area contributed by atoms with Gasteiger partial charge in [-0.1, -0.05) is 48.5 Å². The number of hydrogen-bond acceptors (Lipinski definition) is 6. The minimum atomic E-state index is -1.17. The van der Waals surface area contributed by atoms with E-state index in [1.807, 2.05) is 36.4 Å². The van der Waals surface area contributed by atoms with Gasteiger partial charge in [0.2, 0.25) is 5.91 Å². The molecule has 5 rings (SSSR count). The van der Waals surface area contributed by atoms with Crippen LogP contribution in [0.4, 0.5) is 4.79 Å². The summed E-state index contributed by atoms with van der Waals surface area (Å²) in [6.45, 7) is 0.446. The summed E-state index contributed by atoms with van der Waals surface area (Å²) in [6.07, 6.45) is -1.60. The predicted molar refractivity (Wildman–Crippen MR) is 125 cm³/mol. The molecule has 2 unspecified atom stereocenters. The van der Waals surface area contributed by atoms with Crippen molar-refractivity contribution in [1.82, 2.24) is 10.2 Å². The van der Waals surface area contributed by atoms with Gasteiger partial charge >= 0.3 is 12.1 Å². The molecule has 2 saturated heterocycles. The number of nitrogens with zero attached hydrogens (tertiary/aromatic N) is 1. The highest BCUT2D eigenvalue weighted by Crippen LogP contribution is 2.44. The molecule has 2 aliphatic heterocycles. The van der Waals surface area contributed by atoms with Gasteiger partial charge in [-0.3, -0.25) is 4.79 Å². The fourth-order valence-corrected chi connectivity index (χ4v) is 5.55. The third kappa shape index (κ3) is 4.49. The molecule has 0 saturated carbocycles. The predicted octanol–water partition coefficient (Wildman–Crippen LogP) is 2.12. The second kappa shape index (κ2) is 9.67. The van der Waals surface area contributed by atoms with Crippen LogP contribution < -0.4 is 5.32 Å². The molecule has 2 aromatic carbocycles. The van der Waals surface area contributed by atoms with Gasteiger partial charge in [0.05, 0.1) is 24.7 Å². The van der Waals surface area contributed by atoms with Gasteiger partial charge in [0.1, 0.15) is 12.6 Å². The Hall–Kier alpha value is -3.43. The monoisotopic (exact) mass is 480 g/mol. The number of alkyl carbamates (subject to hydrolysis) is 1. The van der Waals surface area contributed by atoms with Crippen LogP contribution in [0.3, 0.4) is 0 Å². The van der Waals surface area contributed by atoms with Gasteiger partial charge < -0.3 is 29.9 Å². The molecule has 4 atom stereocenters. The highest BCUT2D eigenvalue weighted by atomic mass is 16.5. The van der Waals surface area contributed by atoms with Crippen molar-refractivity contribution in [2.75, 3.05) is 19.8 Å². The van der Waals surface area contributed by atoms with Crippen molar-refractivity contribution in [3.8, 4) is 11.1 Å². The molecule has 3 N–H and O–H groups in total. The largest absolute Gasteiger partial charge is 0.480 e. The second-order valence-corrected chi connectivity index (χ2v) is 9.22. The number of likely N-dealkylation sites (tertiary alicyclic amines) is 1. The van der Waals surface area contributed by atoms with E-state index in [4.69, 9.17) is 9.47 Å². The molecule has 2 heterocycles. The number of carboxylic acids is 1. The minimum Gasteiger partial charge on any atom is -0.480 e. The summed E-state index contributed by atoms with van der Waals surface area (Å²) in [5.41, 5.74) is 4.45. The first kappa shape index (κ1) is 23.3. The van der Waals surface area contributed by atoms with Crippen LogP contribution in [-0.2, 0) is 19.1 Å². The zero-order valence-corrected chi connectivity index (χ0v) is 19.1. The van der Waals surface area contributed by atoms with E-state index in [0.29, 0.717) is 13.0 Å². The van der Waals surface area contributed by atoms with E-state index in [-0.39, 0.29) is 44.1 Å². The lowest BCUT2D eigenvalue weighted by Crippen LogP contribution is -2.47. The molecular formula is C26H28N2O7. The van der Waals surface area contributed by atoms with Crippen molar-refractivity contribution in [2.45, 2.75) is 49.5 Å². The number of carbonyl (C=O) groups excluding carboxylic acids is 2. The number of nitrogens with one attached hydrogen (secondary N) is 1. The first-order valence-corrected chi connectivity index (χ1v) is 11.9. The van der Waals surface area contributed by atoms with Gasteiger partial charge in [0.25, 0.3) is 0 Å². The number of carboxylic acid groups (broad SMARTS) is 1. The summed E-state index contributed by atoms with van der Waals surface area (Å²) in [4.78, 5) is 38.0. The number of ether oxygens (including phenoxy) is 2. The van der Waals surface area contributed by atoms with Crippen LogP contribution in [0.25, 0.3) is 11.1 Å². The SMILES string of the molecule is O=C(NCC(O)CC(=O)N1C(C(=O)O)C[C@@H]2OCC[C@@H]21)OCC1c2ccccc2-c2ccccc21. The van der Waals surface area contributed by atoms with E-state index in [9.17, 15) is 24.6 Å². The maximum absolute atomic E-state index is 12.8. The fraction of sp³-hybridized carbons (Fsp3) is 0.423. The van der Waals surface area contributed by atoms with Crippen LogP contribution in [0.15, 0.2) is 48.5 Å². The molecule has 35 heavy (non-hydrogen) atoms. The molecule has 2 fully saturated rings. The number of fused-ring (bicyclic) bond motifs is 4. The van der Waals surface area contributed by atoms with Gasteiger partial charge in [-0.25, -0.2) is 9.59 Å². The molecule has 0 aromatic heterocycles. The summed E-state index contributed by atoms with van der Waals surface area (Å²) in [6, 6.07) is 14.8. The number of rotatable bonds is 7. The summed E-state index contributed by atoms with van der Waals surface area (Å²) in [5, 5.41) is 22.3. The van der Waals surface area contributed by atoms with Gasteiger partial charge in [-0.2, -0.15) is 0 Å². The maximum Gasteiger partial charge on any atom is 0.407 e. The molecule has 9 nitrogen and oxygen atoms in total. The van der Waals surface area contributed by atoms with Crippen molar-refractivity contribution in [3.63, 3.8) is 0 Å². The molecule has 0 radical (unpaired) electrons. The third-order valence-corrected chi connectivity index (χ3v) is 7.13. The Morgan fingerprint density at radius 2 is 1.74 bits per heavy atom. The lowest BCUT2D eigenvalue weighted by Gasteiger charge is -2.27. The molecule has 2 amide bonds. The number of benzene rings is 2. The Morgan fingerprint density at radius 1 is 1.09 bits per heavy atom.